The molecule has 0 unspecified atom stereocenters. The highest BCUT2D eigenvalue weighted by Crippen LogP contribution is 2.29. The van der Waals surface area contributed by atoms with Crippen LogP contribution in [0.15, 0.2) is 12.1 Å². The standard InChI is InChI=1S/C13H20.CH4/c1-9-7-10(2)12(11(3)8-9)13(4,5)6;/h7-8H,1-6H3;1H4. The van der Waals surface area contributed by atoms with Gasteiger partial charge in [-0.2, -0.15) is 0 Å². The van der Waals surface area contributed by atoms with E-state index in [1.165, 1.54) is 22.3 Å². The molecule has 0 heteroatoms. The molecule has 1 aromatic rings. The van der Waals surface area contributed by atoms with Crippen molar-refractivity contribution in [1.82, 2.24) is 0 Å². The summed E-state index contributed by atoms with van der Waals surface area (Å²) in [5.74, 6) is 0. The fraction of sp³-hybridized carbons (Fsp3) is 0.571. The minimum Gasteiger partial charge on any atom is -0.0776 e. The van der Waals surface area contributed by atoms with Gasteiger partial charge in [0.25, 0.3) is 0 Å². The number of rotatable bonds is 0. The molecular formula is C14H24. The minimum absolute atomic E-state index is 0. The second-order valence-corrected chi connectivity index (χ2v) is 5.02. The molecule has 0 aromatic heterocycles. The molecule has 0 fully saturated rings. The normalized spacial score (nSPS) is 11.0. The Hall–Kier alpha value is -0.780. The van der Waals surface area contributed by atoms with E-state index >= 15 is 0 Å². The zero-order valence-electron chi connectivity index (χ0n) is 9.65. The van der Waals surface area contributed by atoms with Crippen molar-refractivity contribution in [3.8, 4) is 0 Å². The molecule has 0 amide bonds. The number of hydrogen-bond donors (Lipinski definition) is 0. The Labute approximate surface area is 89.4 Å². The first kappa shape index (κ1) is 13.2. The topological polar surface area (TPSA) is 0 Å². The summed E-state index contributed by atoms with van der Waals surface area (Å²) in [6.45, 7) is 13.4. The van der Waals surface area contributed by atoms with Gasteiger partial charge in [0.2, 0.25) is 0 Å². The Kier molecular flexibility index (Phi) is 3.93. The summed E-state index contributed by atoms with van der Waals surface area (Å²) in [6, 6.07) is 4.54. The molecule has 0 spiro atoms. The van der Waals surface area contributed by atoms with Gasteiger partial charge in [-0.15, -0.1) is 0 Å². The van der Waals surface area contributed by atoms with Crippen molar-refractivity contribution in [2.75, 3.05) is 0 Å². The molecule has 0 bridgehead atoms. The molecule has 0 saturated carbocycles. The fourth-order valence-corrected chi connectivity index (χ4v) is 2.36. The first-order valence-electron chi connectivity index (χ1n) is 4.90. The zero-order valence-corrected chi connectivity index (χ0v) is 9.65. The minimum atomic E-state index is 0. The Balaban J connectivity index is 0.00000169. The maximum absolute atomic E-state index is 2.28. The van der Waals surface area contributed by atoms with Crippen LogP contribution in [0.1, 0.15) is 50.5 Å². The van der Waals surface area contributed by atoms with Gasteiger partial charge in [-0.05, 0) is 42.9 Å². The molecule has 0 N–H and O–H groups in total. The van der Waals surface area contributed by atoms with E-state index in [1.807, 2.05) is 0 Å². The van der Waals surface area contributed by atoms with Crippen molar-refractivity contribution in [2.24, 2.45) is 0 Å². The van der Waals surface area contributed by atoms with Crippen molar-refractivity contribution in [3.05, 3.63) is 34.4 Å². The van der Waals surface area contributed by atoms with Crippen molar-refractivity contribution in [3.63, 3.8) is 0 Å². The highest BCUT2D eigenvalue weighted by Gasteiger charge is 2.18. The van der Waals surface area contributed by atoms with Gasteiger partial charge in [0, 0.05) is 0 Å². The molecular weight excluding hydrogens is 168 g/mol. The van der Waals surface area contributed by atoms with E-state index in [9.17, 15) is 0 Å². The van der Waals surface area contributed by atoms with Crippen molar-refractivity contribution in [1.29, 1.82) is 0 Å². The molecule has 0 heterocycles. The van der Waals surface area contributed by atoms with E-state index in [1.54, 1.807) is 0 Å². The monoisotopic (exact) mass is 192 g/mol. The van der Waals surface area contributed by atoms with Crippen LogP contribution in [0.3, 0.4) is 0 Å². The van der Waals surface area contributed by atoms with Gasteiger partial charge in [-0.1, -0.05) is 45.9 Å². The van der Waals surface area contributed by atoms with E-state index in [2.05, 4.69) is 53.7 Å². The number of hydrogen-bond acceptors (Lipinski definition) is 0. The second-order valence-electron chi connectivity index (χ2n) is 5.02. The average Bonchev–Trinajstić information content (AvgIpc) is 1.78. The molecule has 80 valence electrons. The summed E-state index contributed by atoms with van der Waals surface area (Å²) < 4.78 is 0. The molecule has 0 aliphatic rings. The lowest BCUT2D eigenvalue weighted by Gasteiger charge is -2.24. The molecule has 1 aromatic carbocycles. The summed E-state index contributed by atoms with van der Waals surface area (Å²) in [5.41, 5.74) is 5.97. The first-order valence-corrected chi connectivity index (χ1v) is 4.90. The van der Waals surface area contributed by atoms with Crippen LogP contribution in [-0.4, -0.2) is 0 Å². The molecule has 0 aliphatic heterocycles. The lowest BCUT2D eigenvalue weighted by Crippen LogP contribution is -2.15. The molecule has 0 saturated heterocycles. The van der Waals surface area contributed by atoms with Crippen LogP contribution >= 0.6 is 0 Å². The summed E-state index contributed by atoms with van der Waals surface area (Å²) in [5, 5.41) is 0. The van der Waals surface area contributed by atoms with Crippen molar-refractivity contribution < 1.29 is 0 Å². The maximum Gasteiger partial charge on any atom is -0.0127 e. The third-order valence-electron chi connectivity index (χ3n) is 2.43. The molecule has 0 nitrogen and oxygen atoms in total. The maximum atomic E-state index is 2.28. The second kappa shape index (κ2) is 4.16. The summed E-state index contributed by atoms with van der Waals surface area (Å²) in [4.78, 5) is 0. The highest BCUT2D eigenvalue weighted by molar-refractivity contribution is 5.41. The predicted molar refractivity (Wildman–Crippen MR) is 66.1 cm³/mol. The summed E-state index contributed by atoms with van der Waals surface area (Å²) in [7, 11) is 0. The molecule has 0 aliphatic carbocycles. The summed E-state index contributed by atoms with van der Waals surface area (Å²) >= 11 is 0. The largest absolute Gasteiger partial charge is 0.0776 e. The Morgan fingerprint density at radius 3 is 1.50 bits per heavy atom. The van der Waals surface area contributed by atoms with Crippen LogP contribution in [0.25, 0.3) is 0 Å². The van der Waals surface area contributed by atoms with E-state index in [0.29, 0.717) is 0 Å². The van der Waals surface area contributed by atoms with Gasteiger partial charge in [0.05, 0.1) is 0 Å². The fourth-order valence-electron chi connectivity index (χ4n) is 2.36. The average molecular weight is 192 g/mol. The van der Waals surface area contributed by atoms with E-state index in [0.717, 1.165) is 0 Å². The first-order chi connectivity index (χ1) is 5.82. The Morgan fingerprint density at radius 1 is 0.857 bits per heavy atom. The number of aryl methyl sites for hydroxylation is 3. The quantitative estimate of drug-likeness (QED) is 0.566. The van der Waals surface area contributed by atoms with Crippen molar-refractivity contribution >= 4 is 0 Å². The predicted octanol–water partition coefficient (Wildman–Crippen LogP) is 4.55. The number of benzene rings is 1. The van der Waals surface area contributed by atoms with Gasteiger partial charge in [0.1, 0.15) is 0 Å². The highest BCUT2D eigenvalue weighted by atomic mass is 14.2. The molecule has 14 heavy (non-hydrogen) atoms. The van der Waals surface area contributed by atoms with E-state index in [4.69, 9.17) is 0 Å². The van der Waals surface area contributed by atoms with Gasteiger partial charge >= 0.3 is 0 Å². The molecule has 0 atom stereocenters. The van der Waals surface area contributed by atoms with E-state index < -0.39 is 0 Å². The van der Waals surface area contributed by atoms with Gasteiger partial charge in [-0.25, -0.2) is 0 Å². The lowest BCUT2D eigenvalue weighted by molar-refractivity contribution is 0.581. The summed E-state index contributed by atoms with van der Waals surface area (Å²) in [6.07, 6.45) is 0. The smallest absolute Gasteiger partial charge is 0.0127 e. The van der Waals surface area contributed by atoms with E-state index in [-0.39, 0.29) is 12.8 Å². The van der Waals surface area contributed by atoms with Crippen LogP contribution < -0.4 is 0 Å². The van der Waals surface area contributed by atoms with Crippen LogP contribution in [0.4, 0.5) is 0 Å². The van der Waals surface area contributed by atoms with Crippen molar-refractivity contribution in [2.45, 2.75) is 54.4 Å². The molecule has 1 rings (SSSR count). The van der Waals surface area contributed by atoms with Crippen LogP contribution in [-0.2, 0) is 5.41 Å². The zero-order chi connectivity index (χ0) is 10.2. The Bertz CT molecular complexity index is 290. The van der Waals surface area contributed by atoms with Crippen LogP contribution in [0, 0.1) is 20.8 Å². The van der Waals surface area contributed by atoms with Gasteiger partial charge in [0.15, 0.2) is 0 Å². The van der Waals surface area contributed by atoms with Gasteiger partial charge < -0.3 is 0 Å². The van der Waals surface area contributed by atoms with Gasteiger partial charge in [-0.3, -0.25) is 0 Å². The van der Waals surface area contributed by atoms with Crippen LogP contribution in [0.5, 0.6) is 0 Å². The third kappa shape index (κ3) is 2.60. The van der Waals surface area contributed by atoms with Crippen LogP contribution in [0.2, 0.25) is 0 Å². The lowest BCUT2D eigenvalue weighted by atomic mass is 9.80. The third-order valence-corrected chi connectivity index (χ3v) is 2.43. The SMILES string of the molecule is C.Cc1cc(C)c(C(C)(C)C)c(C)c1. The Morgan fingerprint density at radius 2 is 1.21 bits per heavy atom. The molecule has 0 radical (unpaired) electrons.